The minimum atomic E-state index is -0.655. The van der Waals surface area contributed by atoms with Crippen molar-refractivity contribution in [1.29, 1.82) is 0 Å². The maximum absolute atomic E-state index is 11.9. The van der Waals surface area contributed by atoms with E-state index in [1.165, 1.54) is 29.5 Å². The van der Waals surface area contributed by atoms with Gasteiger partial charge in [-0.05, 0) is 24.3 Å². The van der Waals surface area contributed by atoms with Crippen LogP contribution in [0, 0.1) is 10.1 Å². The van der Waals surface area contributed by atoms with Crippen molar-refractivity contribution in [2.45, 2.75) is 6.61 Å². The SMILES string of the molecule is COc1ccc(Br)cc1-c1nc(COC(=O)COc2ccccc2[N+](=O)[O-])cs1. The van der Waals surface area contributed by atoms with Crippen molar-refractivity contribution >= 4 is 38.9 Å². The Bertz CT molecular complexity index is 1040. The Labute approximate surface area is 178 Å². The lowest BCUT2D eigenvalue weighted by molar-refractivity contribution is -0.385. The average Bonchev–Trinajstić information content (AvgIpc) is 3.19. The maximum Gasteiger partial charge on any atom is 0.344 e. The second-order valence-electron chi connectivity index (χ2n) is 5.66. The lowest BCUT2D eigenvalue weighted by Crippen LogP contribution is -2.15. The number of hydrogen-bond acceptors (Lipinski definition) is 8. The molecule has 0 amide bonds. The van der Waals surface area contributed by atoms with E-state index in [-0.39, 0.29) is 18.0 Å². The number of esters is 1. The van der Waals surface area contributed by atoms with E-state index in [9.17, 15) is 14.9 Å². The minimum Gasteiger partial charge on any atom is -0.496 e. The van der Waals surface area contributed by atoms with Crippen LogP contribution in [0.15, 0.2) is 52.3 Å². The van der Waals surface area contributed by atoms with E-state index in [1.54, 1.807) is 18.6 Å². The highest BCUT2D eigenvalue weighted by Gasteiger charge is 2.16. The molecule has 10 heteroatoms. The van der Waals surface area contributed by atoms with Crippen LogP contribution in [0.2, 0.25) is 0 Å². The topological polar surface area (TPSA) is 101 Å². The van der Waals surface area contributed by atoms with Gasteiger partial charge in [-0.1, -0.05) is 28.1 Å². The molecule has 3 aromatic rings. The van der Waals surface area contributed by atoms with E-state index in [0.29, 0.717) is 11.4 Å². The van der Waals surface area contributed by atoms with E-state index in [0.717, 1.165) is 15.0 Å². The van der Waals surface area contributed by atoms with Crippen LogP contribution in [0.5, 0.6) is 11.5 Å². The molecule has 1 aromatic heterocycles. The Kier molecular flexibility index (Phi) is 6.78. The smallest absolute Gasteiger partial charge is 0.344 e. The Morgan fingerprint density at radius 3 is 2.79 bits per heavy atom. The summed E-state index contributed by atoms with van der Waals surface area (Å²) >= 11 is 4.82. The van der Waals surface area contributed by atoms with Gasteiger partial charge in [0.25, 0.3) is 0 Å². The van der Waals surface area contributed by atoms with Crippen LogP contribution in [0.4, 0.5) is 5.69 Å². The lowest BCUT2D eigenvalue weighted by atomic mass is 10.2. The molecule has 150 valence electrons. The third-order valence-electron chi connectivity index (χ3n) is 3.73. The first-order valence-electron chi connectivity index (χ1n) is 8.28. The van der Waals surface area contributed by atoms with Crippen LogP contribution in [0.1, 0.15) is 5.69 Å². The number of nitro groups is 1. The molecule has 1 heterocycles. The molecule has 0 fully saturated rings. The third kappa shape index (κ3) is 5.30. The van der Waals surface area contributed by atoms with Crippen LogP contribution in [0.3, 0.4) is 0 Å². The Hall–Kier alpha value is -2.98. The monoisotopic (exact) mass is 478 g/mol. The van der Waals surface area contributed by atoms with Crippen molar-refractivity contribution in [3.63, 3.8) is 0 Å². The van der Waals surface area contributed by atoms with E-state index in [2.05, 4.69) is 20.9 Å². The molecular weight excluding hydrogens is 464 g/mol. The number of benzene rings is 2. The molecule has 0 N–H and O–H groups in total. The van der Waals surface area contributed by atoms with Gasteiger partial charge in [-0.25, -0.2) is 9.78 Å². The highest BCUT2D eigenvalue weighted by Crippen LogP contribution is 2.34. The van der Waals surface area contributed by atoms with E-state index < -0.39 is 17.5 Å². The molecule has 29 heavy (non-hydrogen) atoms. The fourth-order valence-corrected chi connectivity index (χ4v) is 3.59. The summed E-state index contributed by atoms with van der Waals surface area (Å²) in [5.41, 5.74) is 1.18. The molecule has 2 aromatic carbocycles. The van der Waals surface area contributed by atoms with E-state index >= 15 is 0 Å². The van der Waals surface area contributed by atoms with Gasteiger partial charge < -0.3 is 14.2 Å². The second kappa shape index (κ2) is 9.48. The number of rotatable bonds is 8. The first-order valence-corrected chi connectivity index (χ1v) is 9.95. The normalized spacial score (nSPS) is 10.4. The van der Waals surface area contributed by atoms with Crippen molar-refractivity contribution in [2.75, 3.05) is 13.7 Å². The number of nitro benzene ring substituents is 1. The number of nitrogens with zero attached hydrogens (tertiary/aromatic N) is 2. The maximum atomic E-state index is 11.9. The Morgan fingerprint density at radius 2 is 2.03 bits per heavy atom. The summed E-state index contributed by atoms with van der Waals surface area (Å²) in [5, 5.41) is 13.5. The number of carbonyl (C=O) groups is 1. The average molecular weight is 479 g/mol. The van der Waals surface area contributed by atoms with Crippen LogP contribution < -0.4 is 9.47 Å². The molecule has 0 aliphatic carbocycles. The number of hydrogen-bond donors (Lipinski definition) is 0. The Morgan fingerprint density at radius 1 is 1.24 bits per heavy atom. The van der Waals surface area contributed by atoms with Gasteiger partial charge in [0.05, 0.1) is 23.3 Å². The van der Waals surface area contributed by atoms with Gasteiger partial charge in [-0.15, -0.1) is 11.3 Å². The fraction of sp³-hybridized carbons (Fsp3) is 0.158. The summed E-state index contributed by atoms with van der Waals surface area (Å²) in [5.74, 6) is 0.0360. The second-order valence-corrected chi connectivity index (χ2v) is 7.44. The predicted octanol–water partition coefficient (Wildman–Crippen LogP) is 4.61. The zero-order valence-corrected chi connectivity index (χ0v) is 17.6. The van der Waals surface area contributed by atoms with Crippen molar-refractivity contribution in [3.05, 3.63) is 68.1 Å². The van der Waals surface area contributed by atoms with Crippen molar-refractivity contribution in [1.82, 2.24) is 4.98 Å². The van der Waals surface area contributed by atoms with Gasteiger partial charge in [0.2, 0.25) is 0 Å². The molecule has 0 saturated carbocycles. The summed E-state index contributed by atoms with van der Waals surface area (Å²) in [4.78, 5) is 26.8. The highest BCUT2D eigenvalue weighted by atomic mass is 79.9. The molecule has 8 nitrogen and oxygen atoms in total. The van der Waals surface area contributed by atoms with Gasteiger partial charge in [0.1, 0.15) is 17.4 Å². The van der Waals surface area contributed by atoms with E-state index in [1.807, 2.05) is 18.2 Å². The number of methoxy groups -OCH3 is 1. The van der Waals surface area contributed by atoms with E-state index in [4.69, 9.17) is 14.2 Å². The number of halogens is 1. The largest absolute Gasteiger partial charge is 0.496 e. The van der Waals surface area contributed by atoms with Gasteiger partial charge in [-0.3, -0.25) is 10.1 Å². The Balaban J connectivity index is 1.58. The summed E-state index contributed by atoms with van der Waals surface area (Å²) in [7, 11) is 1.58. The van der Waals surface area contributed by atoms with Gasteiger partial charge in [0.15, 0.2) is 12.4 Å². The molecule has 0 spiro atoms. The lowest BCUT2D eigenvalue weighted by Gasteiger charge is -2.07. The molecule has 0 saturated heterocycles. The van der Waals surface area contributed by atoms with Gasteiger partial charge >= 0.3 is 11.7 Å². The molecule has 0 bridgehead atoms. The molecule has 0 unspecified atom stereocenters. The van der Waals surface area contributed by atoms with Crippen LogP contribution >= 0.6 is 27.3 Å². The summed E-state index contributed by atoms with van der Waals surface area (Å²) in [6.45, 7) is -0.479. The number of carbonyl (C=O) groups excluding carboxylic acids is 1. The molecule has 0 radical (unpaired) electrons. The van der Waals surface area contributed by atoms with Crippen LogP contribution in [-0.2, 0) is 16.1 Å². The minimum absolute atomic E-state index is 0.00661. The zero-order valence-electron chi connectivity index (χ0n) is 15.2. The van der Waals surface area contributed by atoms with Crippen molar-refractivity contribution < 1.29 is 23.9 Å². The quantitative estimate of drug-likeness (QED) is 0.264. The third-order valence-corrected chi connectivity index (χ3v) is 5.15. The molecule has 0 aliphatic rings. The highest BCUT2D eigenvalue weighted by molar-refractivity contribution is 9.10. The number of thiazole rings is 1. The van der Waals surface area contributed by atoms with Gasteiger partial charge in [0, 0.05) is 15.9 Å². The van der Waals surface area contributed by atoms with Crippen LogP contribution in [0.25, 0.3) is 10.6 Å². The van der Waals surface area contributed by atoms with Crippen molar-refractivity contribution in [3.8, 4) is 22.1 Å². The zero-order chi connectivity index (χ0) is 20.8. The number of aromatic nitrogens is 1. The molecule has 0 atom stereocenters. The molecule has 3 rings (SSSR count). The van der Waals surface area contributed by atoms with Crippen molar-refractivity contribution in [2.24, 2.45) is 0 Å². The fourth-order valence-electron chi connectivity index (χ4n) is 2.41. The van der Waals surface area contributed by atoms with Crippen LogP contribution in [-0.4, -0.2) is 29.6 Å². The number of ether oxygens (including phenoxy) is 3. The summed E-state index contributed by atoms with van der Waals surface area (Å²) in [6.07, 6.45) is 0. The first kappa shape index (κ1) is 20.7. The number of para-hydroxylation sites is 2. The predicted molar refractivity (Wildman–Crippen MR) is 110 cm³/mol. The summed E-state index contributed by atoms with van der Waals surface area (Å²) < 4.78 is 16.6. The van der Waals surface area contributed by atoms with Gasteiger partial charge in [-0.2, -0.15) is 0 Å². The molecule has 0 aliphatic heterocycles. The summed E-state index contributed by atoms with van der Waals surface area (Å²) in [6, 6.07) is 11.4. The first-order chi connectivity index (χ1) is 14.0. The molecular formula is C19H15BrN2O6S. The standard InChI is InChI=1S/C19H15BrN2O6S/c1-26-16-7-6-12(20)8-14(16)19-21-13(11-29-19)9-28-18(23)10-27-17-5-3-2-4-15(17)22(24)25/h2-8,11H,9-10H2,1H3.